The number of pyridine rings is 1. The highest BCUT2D eigenvalue weighted by atomic mass is 16.1. The number of hydrogen-bond acceptors (Lipinski definition) is 5. The van der Waals surface area contributed by atoms with E-state index in [1.165, 1.54) is 5.56 Å². The third kappa shape index (κ3) is 4.71. The van der Waals surface area contributed by atoms with Crippen LogP contribution in [0.3, 0.4) is 0 Å². The number of carbonyl (C=O) groups is 1. The van der Waals surface area contributed by atoms with Gasteiger partial charge in [0.2, 0.25) is 5.95 Å². The fourth-order valence-corrected chi connectivity index (χ4v) is 2.98. The molecule has 0 aliphatic rings. The van der Waals surface area contributed by atoms with E-state index >= 15 is 0 Å². The van der Waals surface area contributed by atoms with Gasteiger partial charge in [-0.2, -0.15) is 0 Å². The highest BCUT2D eigenvalue weighted by molar-refractivity contribution is 6.03. The van der Waals surface area contributed by atoms with Crippen molar-refractivity contribution in [2.24, 2.45) is 0 Å². The number of hydrogen-bond donors (Lipinski definition) is 1. The molecule has 0 unspecified atom stereocenters. The third-order valence-electron chi connectivity index (χ3n) is 4.68. The molecule has 0 spiro atoms. The predicted molar refractivity (Wildman–Crippen MR) is 112 cm³/mol. The van der Waals surface area contributed by atoms with Crippen molar-refractivity contribution in [1.82, 2.24) is 15.0 Å². The summed E-state index contributed by atoms with van der Waals surface area (Å²) in [5.74, 6) is 0.303. The molecule has 1 aromatic carbocycles. The average molecular weight is 375 g/mol. The maximum atomic E-state index is 12.8. The maximum absolute atomic E-state index is 12.8. The molecule has 1 N–H and O–H groups in total. The van der Waals surface area contributed by atoms with Crippen LogP contribution in [0.5, 0.6) is 0 Å². The van der Waals surface area contributed by atoms with Crippen molar-refractivity contribution in [3.63, 3.8) is 0 Å². The minimum absolute atomic E-state index is 0.227. The normalized spacial score (nSPS) is 10.5. The lowest BCUT2D eigenvalue weighted by molar-refractivity contribution is 0.102. The predicted octanol–water partition coefficient (Wildman–Crippen LogP) is 3.67. The number of nitrogens with zero attached hydrogens (tertiary/aromatic N) is 4. The van der Waals surface area contributed by atoms with Gasteiger partial charge in [-0.1, -0.05) is 25.1 Å². The van der Waals surface area contributed by atoms with E-state index in [0.29, 0.717) is 11.6 Å². The average Bonchev–Trinajstić information content (AvgIpc) is 2.74. The Balaban J connectivity index is 1.71. The first-order chi connectivity index (χ1) is 13.6. The molecule has 3 aromatic rings. The number of amides is 1. The minimum atomic E-state index is -0.227. The van der Waals surface area contributed by atoms with Crippen LogP contribution in [0.1, 0.15) is 34.1 Å². The Morgan fingerprint density at radius 2 is 1.89 bits per heavy atom. The van der Waals surface area contributed by atoms with Gasteiger partial charge in [-0.25, -0.2) is 9.97 Å². The van der Waals surface area contributed by atoms with Gasteiger partial charge < -0.3 is 10.2 Å². The van der Waals surface area contributed by atoms with Crippen molar-refractivity contribution in [3.05, 3.63) is 77.4 Å². The van der Waals surface area contributed by atoms with Gasteiger partial charge in [0.15, 0.2) is 0 Å². The summed E-state index contributed by atoms with van der Waals surface area (Å²) in [5, 5.41) is 3.02. The van der Waals surface area contributed by atoms with E-state index in [1.54, 1.807) is 24.7 Å². The van der Waals surface area contributed by atoms with Gasteiger partial charge >= 0.3 is 0 Å². The zero-order valence-corrected chi connectivity index (χ0v) is 16.5. The van der Waals surface area contributed by atoms with Crippen LogP contribution in [-0.4, -0.2) is 34.5 Å². The lowest BCUT2D eigenvalue weighted by Crippen LogP contribution is -2.24. The van der Waals surface area contributed by atoms with E-state index in [9.17, 15) is 4.79 Å². The SMILES string of the molecule is CCc1cccc(C)c1NC(=O)c1ccnc(N(C)CCc2ccncc2)n1. The first kappa shape index (κ1) is 19.5. The van der Waals surface area contributed by atoms with E-state index in [4.69, 9.17) is 0 Å². The molecule has 1 amide bonds. The third-order valence-corrected chi connectivity index (χ3v) is 4.68. The second kappa shape index (κ2) is 9.08. The van der Waals surface area contributed by atoms with Gasteiger partial charge in [-0.15, -0.1) is 0 Å². The van der Waals surface area contributed by atoms with Crippen molar-refractivity contribution < 1.29 is 4.79 Å². The number of nitrogens with one attached hydrogen (secondary N) is 1. The molecule has 0 aliphatic heterocycles. The summed E-state index contributed by atoms with van der Waals surface area (Å²) in [6, 6.07) is 11.6. The van der Waals surface area contributed by atoms with Crippen molar-refractivity contribution in [2.75, 3.05) is 23.8 Å². The molecule has 6 nitrogen and oxygen atoms in total. The fraction of sp³-hybridized carbons (Fsp3) is 0.273. The summed E-state index contributed by atoms with van der Waals surface area (Å²) >= 11 is 0. The van der Waals surface area contributed by atoms with Gasteiger partial charge in [0.1, 0.15) is 5.69 Å². The highest BCUT2D eigenvalue weighted by Crippen LogP contribution is 2.21. The van der Waals surface area contributed by atoms with E-state index in [0.717, 1.165) is 36.2 Å². The van der Waals surface area contributed by atoms with E-state index < -0.39 is 0 Å². The lowest BCUT2D eigenvalue weighted by atomic mass is 10.1. The number of aryl methyl sites for hydroxylation is 2. The van der Waals surface area contributed by atoms with Gasteiger partial charge in [-0.3, -0.25) is 9.78 Å². The molecule has 0 atom stereocenters. The van der Waals surface area contributed by atoms with Crippen LogP contribution in [0.2, 0.25) is 0 Å². The summed E-state index contributed by atoms with van der Waals surface area (Å²) in [5.41, 5.74) is 4.56. The molecule has 28 heavy (non-hydrogen) atoms. The van der Waals surface area contributed by atoms with E-state index in [-0.39, 0.29) is 5.91 Å². The number of para-hydroxylation sites is 1. The Labute approximate surface area is 165 Å². The molecule has 2 heterocycles. The molecule has 144 valence electrons. The zero-order valence-electron chi connectivity index (χ0n) is 16.5. The van der Waals surface area contributed by atoms with Crippen LogP contribution in [0.15, 0.2) is 55.0 Å². The molecule has 0 fully saturated rings. The molecule has 2 aromatic heterocycles. The van der Waals surface area contributed by atoms with E-state index in [1.807, 2.05) is 49.2 Å². The standard InChI is InChI=1S/C22H25N5O/c1-4-18-7-5-6-16(2)20(18)26-21(28)19-10-14-24-22(25-19)27(3)15-11-17-8-12-23-13-9-17/h5-10,12-14H,4,11,15H2,1-3H3,(H,26,28). The lowest BCUT2D eigenvalue weighted by Gasteiger charge is -2.17. The number of benzene rings is 1. The highest BCUT2D eigenvalue weighted by Gasteiger charge is 2.14. The Morgan fingerprint density at radius 3 is 2.64 bits per heavy atom. The van der Waals surface area contributed by atoms with Crippen molar-refractivity contribution in [2.45, 2.75) is 26.7 Å². The molecular weight excluding hydrogens is 350 g/mol. The summed E-state index contributed by atoms with van der Waals surface area (Å²) < 4.78 is 0. The van der Waals surface area contributed by atoms with Crippen molar-refractivity contribution >= 4 is 17.5 Å². The van der Waals surface area contributed by atoms with Crippen LogP contribution in [0.25, 0.3) is 0 Å². The largest absolute Gasteiger partial charge is 0.344 e. The molecule has 0 saturated carbocycles. The molecule has 6 heteroatoms. The maximum Gasteiger partial charge on any atom is 0.274 e. The van der Waals surface area contributed by atoms with Crippen LogP contribution < -0.4 is 10.2 Å². The number of anilines is 2. The Hall–Kier alpha value is -3.28. The Morgan fingerprint density at radius 1 is 1.11 bits per heavy atom. The van der Waals surface area contributed by atoms with Gasteiger partial charge in [0, 0.05) is 37.9 Å². The van der Waals surface area contributed by atoms with Crippen LogP contribution >= 0.6 is 0 Å². The minimum Gasteiger partial charge on any atom is -0.344 e. The monoisotopic (exact) mass is 375 g/mol. The second-order valence-electron chi connectivity index (χ2n) is 6.69. The summed E-state index contributed by atoms with van der Waals surface area (Å²) in [6.07, 6.45) is 6.89. The van der Waals surface area contributed by atoms with Crippen LogP contribution in [-0.2, 0) is 12.8 Å². The van der Waals surface area contributed by atoms with Crippen molar-refractivity contribution in [1.29, 1.82) is 0 Å². The second-order valence-corrected chi connectivity index (χ2v) is 6.69. The summed E-state index contributed by atoms with van der Waals surface area (Å²) in [6.45, 7) is 4.81. The Kier molecular flexibility index (Phi) is 6.32. The van der Waals surface area contributed by atoms with Gasteiger partial charge in [0.25, 0.3) is 5.91 Å². The number of carbonyl (C=O) groups excluding carboxylic acids is 1. The molecule has 3 rings (SSSR count). The number of rotatable bonds is 7. The quantitative estimate of drug-likeness (QED) is 0.682. The molecular formula is C22H25N5O. The van der Waals surface area contributed by atoms with Crippen molar-refractivity contribution in [3.8, 4) is 0 Å². The first-order valence-electron chi connectivity index (χ1n) is 9.41. The topological polar surface area (TPSA) is 71.0 Å². The fourth-order valence-electron chi connectivity index (χ4n) is 2.98. The molecule has 0 saturated heterocycles. The van der Waals surface area contributed by atoms with Crippen LogP contribution in [0, 0.1) is 6.92 Å². The van der Waals surface area contributed by atoms with Crippen LogP contribution in [0.4, 0.5) is 11.6 Å². The molecule has 0 radical (unpaired) electrons. The molecule has 0 aliphatic carbocycles. The van der Waals surface area contributed by atoms with Gasteiger partial charge in [-0.05, 0) is 54.7 Å². The number of aromatic nitrogens is 3. The Bertz CT molecular complexity index is 943. The smallest absolute Gasteiger partial charge is 0.274 e. The summed E-state index contributed by atoms with van der Waals surface area (Å²) in [7, 11) is 1.93. The van der Waals surface area contributed by atoms with Gasteiger partial charge in [0.05, 0.1) is 0 Å². The first-order valence-corrected chi connectivity index (χ1v) is 9.41. The zero-order chi connectivity index (χ0) is 19.9. The van der Waals surface area contributed by atoms with E-state index in [2.05, 4.69) is 27.2 Å². The molecule has 0 bridgehead atoms. The summed E-state index contributed by atoms with van der Waals surface area (Å²) in [4.78, 5) is 27.5. The number of likely N-dealkylation sites (N-methyl/N-ethyl adjacent to an activating group) is 1.